The van der Waals surface area contributed by atoms with Crippen LogP contribution in [0.1, 0.15) is 12.5 Å². The van der Waals surface area contributed by atoms with Gasteiger partial charge < -0.3 is 15.0 Å². The number of rotatable bonds is 5. The van der Waals surface area contributed by atoms with E-state index >= 15 is 0 Å². The number of carbonyl (C=O) groups excluding carboxylic acids is 2. The lowest BCUT2D eigenvalue weighted by atomic mass is 9.99. The summed E-state index contributed by atoms with van der Waals surface area (Å²) >= 11 is 0. The summed E-state index contributed by atoms with van der Waals surface area (Å²) in [5.74, 6) is 0.856. The van der Waals surface area contributed by atoms with E-state index in [0.29, 0.717) is 19.6 Å². The van der Waals surface area contributed by atoms with E-state index in [1.807, 2.05) is 24.3 Å². The molecule has 5 heteroatoms. The van der Waals surface area contributed by atoms with E-state index < -0.39 is 0 Å². The molecule has 1 fully saturated rings. The molecule has 0 saturated carbocycles. The third-order valence-corrected chi connectivity index (χ3v) is 3.57. The van der Waals surface area contributed by atoms with Gasteiger partial charge in [0, 0.05) is 26.6 Å². The largest absolute Gasteiger partial charge is 0.497 e. The number of nitrogens with zero attached hydrogens (tertiary/aromatic N) is 1. The van der Waals surface area contributed by atoms with Crippen LogP contribution < -0.4 is 10.1 Å². The zero-order chi connectivity index (χ0) is 14.5. The number of hydrogen-bond acceptors (Lipinski definition) is 3. The van der Waals surface area contributed by atoms with Crippen molar-refractivity contribution in [3.8, 4) is 5.75 Å². The highest BCUT2D eigenvalue weighted by Gasteiger charge is 2.33. The maximum Gasteiger partial charge on any atom is 0.226 e. The minimum absolute atomic E-state index is 0.0345. The SMILES string of the molecule is COc1ccc(CCNC(=O)C2CN(C(C)=O)C2)cc1. The topological polar surface area (TPSA) is 58.6 Å². The van der Waals surface area contributed by atoms with E-state index in [2.05, 4.69) is 5.32 Å². The minimum atomic E-state index is -0.0465. The second-order valence-corrected chi connectivity index (χ2v) is 5.01. The summed E-state index contributed by atoms with van der Waals surface area (Å²) in [5, 5.41) is 2.91. The van der Waals surface area contributed by atoms with Gasteiger partial charge in [-0.2, -0.15) is 0 Å². The van der Waals surface area contributed by atoms with E-state index in [1.165, 1.54) is 6.92 Å². The highest BCUT2D eigenvalue weighted by Crippen LogP contribution is 2.15. The van der Waals surface area contributed by atoms with Crippen LogP contribution in [0.3, 0.4) is 0 Å². The third kappa shape index (κ3) is 3.50. The van der Waals surface area contributed by atoms with Crippen LogP contribution in [-0.2, 0) is 16.0 Å². The Morgan fingerprint density at radius 3 is 2.50 bits per heavy atom. The Balaban J connectivity index is 1.68. The average molecular weight is 276 g/mol. The third-order valence-electron chi connectivity index (χ3n) is 3.57. The quantitative estimate of drug-likeness (QED) is 0.866. The van der Waals surface area contributed by atoms with Gasteiger partial charge in [0.05, 0.1) is 13.0 Å². The lowest BCUT2D eigenvalue weighted by molar-refractivity contribution is -0.141. The summed E-state index contributed by atoms with van der Waals surface area (Å²) in [6.07, 6.45) is 0.791. The number of methoxy groups -OCH3 is 1. The molecular weight excluding hydrogens is 256 g/mol. The van der Waals surface area contributed by atoms with Crippen molar-refractivity contribution in [1.82, 2.24) is 10.2 Å². The fourth-order valence-electron chi connectivity index (χ4n) is 2.17. The lowest BCUT2D eigenvalue weighted by Crippen LogP contribution is -2.55. The standard InChI is InChI=1S/C15H20N2O3/c1-11(18)17-9-13(10-17)15(19)16-8-7-12-3-5-14(20-2)6-4-12/h3-6,13H,7-10H2,1-2H3,(H,16,19). The summed E-state index contributed by atoms with van der Waals surface area (Å²) in [7, 11) is 1.64. The Hall–Kier alpha value is -2.04. The second-order valence-electron chi connectivity index (χ2n) is 5.01. The Labute approximate surface area is 118 Å². The molecule has 0 unspecified atom stereocenters. The Morgan fingerprint density at radius 1 is 1.30 bits per heavy atom. The molecule has 1 aliphatic heterocycles. The van der Waals surface area contributed by atoms with E-state index in [4.69, 9.17) is 4.74 Å². The van der Waals surface area contributed by atoms with Gasteiger partial charge in [0.2, 0.25) is 11.8 Å². The van der Waals surface area contributed by atoms with Crippen LogP contribution in [0.15, 0.2) is 24.3 Å². The zero-order valence-electron chi connectivity index (χ0n) is 11.9. The number of benzene rings is 1. The second kappa shape index (κ2) is 6.41. The van der Waals surface area contributed by atoms with E-state index in [1.54, 1.807) is 12.0 Å². The normalized spacial score (nSPS) is 14.6. The van der Waals surface area contributed by atoms with Crippen LogP contribution >= 0.6 is 0 Å². The molecule has 1 aliphatic rings. The van der Waals surface area contributed by atoms with Gasteiger partial charge in [-0.15, -0.1) is 0 Å². The van der Waals surface area contributed by atoms with Gasteiger partial charge in [0.25, 0.3) is 0 Å². The number of nitrogens with one attached hydrogen (secondary N) is 1. The first-order chi connectivity index (χ1) is 9.60. The fraction of sp³-hybridized carbons (Fsp3) is 0.467. The van der Waals surface area contributed by atoms with Crippen LogP contribution in [0, 0.1) is 5.92 Å². The van der Waals surface area contributed by atoms with Crippen LogP contribution in [0.25, 0.3) is 0 Å². The highest BCUT2D eigenvalue weighted by atomic mass is 16.5. The average Bonchev–Trinajstić information content (AvgIpc) is 2.37. The Kier molecular flexibility index (Phi) is 4.61. The predicted octanol–water partition coefficient (Wildman–Crippen LogP) is 0.832. The van der Waals surface area contributed by atoms with Crippen molar-refractivity contribution in [3.05, 3.63) is 29.8 Å². The summed E-state index contributed by atoms with van der Waals surface area (Å²) in [6, 6.07) is 7.80. The number of carbonyl (C=O) groups is 2. The van der Waals surface area contributed by atoms with Crippen molar-refractivity contribution in [2.75, 3.05) is 26.7 Å². The monoisotopic (exact) mass is 276 g/mol. The first kappa shape index (κ1) is 14.4. The molecule has 2 rings (SSSR count). The maximum absolute atomic E-state index is 11.8. The molecule has 0 bridgehead atoms. The Bertz CT molecular complexity index is 478. The minimum Gasteiger partial charge on any atom is -0.497 e. The molecule has 1 aromatic rings. The molecule has 0 spiro atoms. The molecule has 0 atom stereocenters. The van der Waals surface area contributed by atoms with Crippen molar-refractivity contribution in [2.24, 2.45) is 5.92 Å². The molecule has 2 amide bonds. The fourth-order valence-corrected chi connectivity index (χ4v) is 2.17. The molecular formula is C15H20N2O3. The van der Waals surface area contributed by atoms with Crippen molar-refractivity contribution in [3.63, 3.8) is 0 Å². The molecule has 0 radical (unpaired) electrons. The highest BCUT2D eigenvalue weighted by molar-refractivity contribution is 5.83. The summed E-state index contributed by atoms with van der Waals surface area (Å²) < 4.78 is 5.09. The van der Waals surface area contributed by atoms with E-state index in [0.717, 1.165) is 17.7 Å². The first-order valence-corrected chi connectivity index (χ1v) is 6.76. The predicted molar refractivity (Wildman–Crippen MR) is 75.5 cm³/mol. The number of ether oxygens (including phenoxy) is 1. The van der Waals surface area contributed by atoms with E-state index in [9.17, 15) is 9.59 Å². The zero-order valence-corrected chi connectivity index (χ0v) is 11.9. The number of likely N-dealkylation sites (tertiary alicyclic amines) is 1. The van der Waals surface area contributed by atoms with Gasteiger partial charge in [-0.25, -0.2) is 0 Å². The smallest absolute Gasteiger partial charge is 0.226 e. The first-order valence-electron chi connectivity index (χ1n) is 6.76. The molecule has 0 aliphatic carbocycles. The number of amides is 2. The number of hydrogen-bond donors (Lipinski definition) is 1. The molecule has 20 heavy (non-hydrogen) atoms. The Morgan fingerprint density at radius 2 is 1.95 bits per heavy atom. The summed E-state index contributed by atoms with van der Waals surface area (Å²) in [5.41, 5.74) is 1.16. The van der Waals surface area contributed by atoms with Crippen LogP contribution in [0.2, 0.25) is 0 Å². The van der Waals surface area contributed by atoms with Crippen molar-refractivity contribution in [2.45, 2.75) is 13.3 Å². The van der Waals surface area contributed by atoms with E-state index in [-0.39, 0.29) is 17.7 Å². The van der Waals surface area contributed by atoms with Gasteiger partial charge in [0.1, 0.15) is 5.75 Å². The van der Waals surface area contributed by atoms with Crippen LogP contribution in [0.5, 0.6) is 5.75 Å². The van der Waals surface area contributed by atoms with Crippen LogP contribution in [-0.4, -0.2) is 43.5 Å². The van der Waals surface area contributed by atoms with Gasteiger partial charge >= 0.3 is 0 Å². The molecule has 1 N–H and O–H groups in total. The van der Waals surface area contributed by atoms with Crippen molar-refractivity contribution < 1.29 is 14.3 Å². The molecule has 1 heterocycles. The van der Waals surface area contributed by atoms with Crippen molar-refractivity contribution >= 4 is 11.8 Å². The van der Waals surface area contributed by atoms with Gasteiger partial charge in [-0.1, -0.05) is 12.1 Å². The lowest BCUT2D eigenvalue weighted by Gasteiger charge is -2.37. The van der Waals surface area contributed by atoms with Gasteiger partial charge in [-0.3, -0.25) is 9.59 Å². The van der Waals surface area contributed by atoms with Gasteiger partial charge in [0.15, 0.2) is 0 Å². The molecule has 0 aromatic heterocycles. The molecule has 5 nitrogen and oxygen atoms in total. The van der Waals surface area contributed by atoms with Gasteiger partial charge in [-0.05, 0) is 24.1 Å². The summed E-state index contributed by atoms with van der Waals surface area (Å²) in [6.45, 7) is 3.23. The van der Waals surface area contributed by atoms with Crippen LogP contribution in [0.4, 0.5) is 0 Å². The molecule has 1 aromatic carbocycles. The summed E-state index contributed by atoms with van der Waals surface area (Å²) in [4.78, 5) is 24.5. The van der Waals surface area contributed by atoms with Crippen molar-refractivity contribution in [1.29, 1.82) is 0 Å². The molecule has 108 valence electrons. The molecule has 1 saturated heterocycles. The maximum atomic E-state index is 11.8.